The van der Waals surface area contributed by atoms with Crippen molar-refractivity contribution in [3.05, 3.63) is 72.2 Å². The Kier molecular flexibility index (Phi) is 5.47. The Labute approximate surface area is 164 Å². The van der Waals surface area contributed by atoms with Crippen LogP contribution in [0.3, 0.4) is 0 Å². The molecule has 3 aromatic rings. The van der Waals surface area contributed by atoms with Crippen LogP contribution in [-0.2, 0) is 10.0 Å². The van der Waals surface area contributed by atoms with Gasteiger partial charge in [0.2, 0.25) is 0 Å². The first-order valence-corrected chi connectivity index (χ1v) is 9.64. The molecular formula is C19H14F4N2O3S. The van der Waals surface area contributed by atoms with E-state index in [2.05, 4.69) is 14.4 Å². The molecule has 0 aliphatic rings. The molecule has 0 fully saturated rings. The van der Waals surface area contributed by atoms with E-state index in [1.54, 1.807) is 25.1 Å². The van der Waals surface area contributed by atoms with Crippen LogP contribution in [-0.4, -0.2) is 19.8 Å². The van der Waals surface area contributed by atoms with Crippen LogP contribution in [0.15, 0.2) is 65.6 Å². The van der Waals surface area contributed by atoms with Crippen molar-refractivity contribution in [3.63, 3.8) is 0 Å². The van der Waals surface area contributed by atoms with Gasteiger partial charge in [0.25, 0.3) is 10.0 Å². The number of nitrogens with zero attached hydrogens (tertiary/aromatic N) is 1. The SMILES string of the molecule is Cc1nc(NS(=O)(=O)c2ccc(OC(F)(F)F)cc2)ccc1-c1ccc(F)cc1. The summed E-state index contributed by atoms with van der Waals surface area (Å²) in [6.07, 6.45) is -4.87. The molecule has 29 heavy (non-hydrogen) atoms. The van der Waals surface area contributed by atoms with Gasteiger partial charge >= 0.3 is 6.36 Å². The first-order chi connectivity index (χ1) is 13.5. The topological polar surface area (TPSA) is 68.3 Å². The minimum atomic E-state index is -4.87. The molecule has 0 bridgehead atoms. The van der Waals surface area contributed by atoms with Gasteiger partial charge in [-0.05, 0) is 61.0 Å². The van der Waals surface area contributed by atoms with Gasteiger partial charge in [-0.3, -0.25) is 4.72 Å². The van der Waals surface area contributed by atoms with Crippen LogP contribution in [0.4, 0.5) is 23.4 Å². The molecular weight excluding hydrogens is 412 g/mol. The van der Waals surface area contributed by atoms with Gasteiger partial charge in [-0.2, -0.15) is 0 Å². The third kappa shape index (κ3) is 5.23. The summed E-state index contributed by atoms with van der Waals surface area (Å²) in [6, 6.07) is 12.6. The van der Waals surface area contributed by atoms with Crippen molar-refractivity contribution in [2.24, 2.45) is 0 Å². The smallest absolute Gasteiger partial charge is 0.406 e. The summed E-state index contributed by atoms with van der Waals surface area (Å²) in [5.41, 5.74) is 1.92. The second-order valence-corrected chi connectivity index (χ2v) is 7.64. The summed E-state index contributed by atoms with van der Waals surface area (Å²) in [5.74, 6) is -0.881. The molecule has 5 nitrogen and oxygen atoms in total. The van der Waals surface area contributed by atoms with Gasteiger partial charge in [0.15, 0.2) is 0 Å². The van der Waals surface area contributed by atoms with Gasteiger partial charge in [-0.25, -0.2) is 17.8 Å². The molecule has 3 rings (SSSR count). The molecule has 0 saturated heterocycles. The fourth-order valence-corrected chi connectivity index (χ4v) is 3.57. The number of ether oxygens (including phenoxy) is 1. The molecule has 0 spiro atoms. The maximum absolute atomic E-state index is 13.1. The molecule has 0 radical (unpaired) electrons. The highest BCUT2D eigenvalue weighted by molar-refractivity contribution is 7.92. The number of sulfonamides is 1. The van der Waals surface area contributed by atoms with E-state index in [1.165, 1.54) is 18.2 Å². The minimum Gasteiger partial charge on any atom is -0.406 e. The van der Waals surface area contributed by atoms with E-state index in [4.69, 9.17) is 0 Å². The predicted octanol–water partition coefficient (Wildman–Crippen LogP) is 4.90. The van der Waals surface area contributed by atoms with Gasteiger partial charge in [0, 0.05) is 11.3 Å². The number of aromatic nitrogens is 1. The maximum Gasteiger partial charge on any atom is 0.573 e. The highest BCUT2D eigenvalue weighted by Crippen LogP contribution is 2.26. The first-order valence-electron chi connectivity index (χ1n) is 8.16. The summed E-state index contributed by atoms with van der Waals surface area (Å²) in [4.78, 5) is 3.94. The van der Waals surface area contributed by atoms with E-state index in [-0.39, 0.29) is 16.5 Å². The molecule has 10 heteroatoms. The largest absolute Gasteiger partial charge is 0.573 e. The van der Waals surface area contributed by atoms with Gasteiger partial charge < -0.3 is 4.74 Å². The summed E-state index contributed by atoms with van der Waals surface area (Å²) in [7, 11) is -4.07. The van der Waals surface area contributed by atoms with Crippen LogP contribution in [0.2, 0.25) is 0 Å². The lowest BCUT2D eigenvalue weighted by molar-refractivity contribution is -0.274. The zero-order valence-electron chi connectivity index (χ0n) is 14.9. The van der Waals surface area contributed by atoms with Crippen molar-refractivity contribution < 1.29 is 30.7 Å². The Bertz CT molecular complexity index is 1110. The number of aryl methyl sites for hydroxylation is 1. The number of benzene rings is 2. The van der Waals surface area contributed by atoms with E-state index in [0.29, 0.717) is 16.8 Å². The summed E-state index contributed by atoms with van der Waals surface area (Å²) < 4.78 is 80.5. The molecule has 0 unspecified atom stereocenters. The maximum atomic E-state index is 13.1. The molecule has 152 valence electrons. The predicted molar refractivity (Wildman–Crippen MR) is 98.3 cm³/mol. The Morgan fingerprint density at radius 2 is 1.55 bits per heavy atom. The van der Waals surface area contributed by atoms with Gasteiger partial charge in [-0.1, -0.05) is 12.1 Å². The molecule has 1 heterocycles. The summed E-state index contributed by atoms with van der Waals surface area (Å²) in [6.45, 7) is 1.67. The standard InChI is InChI=1S/C19H14F4N2O3S/c1-12-17(13-2-4-14(20)5-3-13)10-11-18(24-12)25-29(26,27)16-8-6-15(7-9-16)28-19(21,22)23/h2-11H,1H3,(H,24,25). The van der Waals surface area contributed by atoms with Crippen LogP contribution in [0.1, 0.15) is 5.69 Å². The Morgan fingerprint density at radius 1 is 0.931 bits per heavy atom. The zero-order chi connectivity index (χ0) is 21.2. The Morgan fingerprint density at radius 3 is 2.10 bits per heavy atom. The highest BCUT2D eigenvalue weighted by Gasteiger charge is 2.31. The number of hydrogen-bond acceptors (Lipinski definition) is 4. The second-order valence-electron chi connectivity index (χ2n) is 5.96. The van der Waals surface area contributed by atoms with E-state index in [9.17, 15) is 26.0 Å². The van der Waals surface area contributed by atoms with Crippen molar-refractivity contribution in [1.29, 1.82) is 0 Å². The van der Waals surface area contributed by atoms with Crippen molar-refractivity contribution in [1.82, 2.24) is 4.98 Å². The summed E-state index contributed by atoms with van der Waals surface area (Å²) in [5, 5.41) is 0. The third-order valence-corrected chi connectivity index (χ3v) is 5.22. The lowest BCUT2D eigenvalue weighted by atomic mass is 10.0. The number of alkyl halides is 3. The minimum absolute atomic E-state index is 0.0315. The quantitative estimate of drug-likeness (QED) is 0.590. The lowest BCUT2D eigenvalue weighted by Gasteiger charge is -2.12. The van der Waals surface area contributed by atoms with Crippen LogP contribution in [0.25, 0.3) is 11.1 Å². The fourth-order valence-electron chi connectivity index (χ4n) is 2.57. The number of pyridine rings is 1. The molecule has 0 atom stereocenters. The zero-order valence-corrected chi connectivity index (χ0v) is 15.7. The third-order valence-electron chi connectivity index (χ3n) is 3.85. The molecule has 2 aromatic carbocycles. The molecule has 0 saturated carbocycles. The monoisotopic (exact) mass is 426 g/mol. The highest BCUT2D eigenvalue weighted by atomic mass is 32.2. The van der Waals surface area contributed by atoms with Crippen LogP contribution in [0.5, 0.6) is 5.75 Å². The second kappa shape index (κ2) is 7.70. The van der Waals surface area contributed by atoms with Crippen molar-refractivity contribution >= 4 is 15.8 Å². The van der Waals surface area contributed by atoms with Gasteiger partial charge in [-0.15, -0.1) is 13.2 Å². The molecule has 0 amide bonds. The molecule has 0 aliphatic carbocycles. The van der Waals surface area contributed by atoms with E-state index < -0.39 is 22.1 Å². The Balaban J connectivity index is 1.80. The normalized spacial score (nSPS) is 11.9. The molecule has 1 N–H and O–H groups in total. The number of rotatable bonds is 5. The van der Waals surface area contributed by atoms with Gasteiger partial charge in [0.05, 0.1) is 4.90 Å². The number of nitrogens with one attached hydrogen (secondary N) is 1. The van der Waals surface area contributed by atoms with Crippen molar-refractivity contribution in [2.75, 3.05) is 4.72 Å². The van der Waals surface area contributed by atoms with E-state index in [1.807, 2.05) is 0 Å². The first kappa shape index (κ1) is 20.6. The Hall–Kier alpha value is -3.14. The van der Waals surface area contributed by atoms with Gasteiger partial charge in [0.1, 0.15) is 17.4 Å². The fraction of sp³-hybridized carbons (Fsp3) is 0.105. The van der Waals surface area contributed by atoms with Crippen molar-refractivity contribution in [2.45, 2.75) is 18.2 Å². The molecule has 0 aliphatic heterocycles. The summed E-state index contributed by atoms with van der Waals surface area (Å²) >= 11 is 0. The number of hydrogen-bond donors (Lipinski definition) is 1. The lowest BCUT2D eigenvalue weighted by Crippen LogP contribution is -2.17. The average Bonchev–Trinajstić information content (AvgIpc) is 2.62. The van der Waals surface area contributed by atoms with E-state index >= 15 is 0 Å². The van der Waals surface area contributed by atoms with Crippen LogP contribution < -0.4 is 9.46 Å². The van der Waals surface area contributed by atoms with Crippen molar-refractivity contribution in [3.8, 4) is 16.9 Å². The van der Waals surface area contributed by atoms with E-state index in [0.717, 1.165) is 24.3 Å². The number of anilines is 1. The number of halogens is 4. The van der Waals surface area contributed by atoms with Crippen LogP contribution in [0, 0.1) is 12.7 Å². The van der Waals surface area contributed by atoms with Crippen LogP contribution >= 0.6 is 0 Å². The molecule has 1 aromatic heterocycles. The average molecular weight is 426 g/mol.